The molecule has 0 unspecified atom stereocenters. The topological polar surface area (TPSA) is 62.7 Å². The van der Waals surface area contributed by atoms with E-state index in [0.29, 0.717) is 26.2 Å². The lowest BCUT2D eigenvalue weighted by atomic mass is 9.86. The quantitative estimate of drug-likeness (QED) is 0.661. The molecule has 31 heavy (non-hydrogen) atoms. The van der Waals surface area contributed by atoms with Crippen LogP contribution in [0.15, 0.2) is 72.9 Å². The molecule has 1 aromatic heterocycles. The number of hydrogen-bond donors (Lipinski definition) is 0. The normalized spacial score (nSPS) is 15.6. The maximum atomic E-state index is 13.6. The van der Waals surface area contributed by atoms with E-state index in [1.54, 1.807) is 6.20 Å². The Labute approximate surface area is 181 Å². The maximum absolute atomic E-state index is 13.6. The van der Waals surface area contributed by atoms with E-state index in [1.807, 2.05) is 76.5 Å². The van der Waals surface area contributed by atoms with E-state index in [0.717, 1.165) is 28.3 Å². The van der Waals surface area contributed by atoms with Gasteiger partial charge in [-0.2, -0.15) is 0 Å². The minimum atomic E-state index is -0.392. The Morgan fingerprint density at radius 1 is 0.806 bits per heavy atom. The van der Waals surface area contributed by atoms with Crippen LogP contribution in [0.3, 0.4) is 0 Å². The number of amides is 2. The predicted molar refractivity (Wildman–Crippen MR) is 116 cm³/mol. The number of aromatic nitrogens is 1. The summed E-state index contributed by atoms with van der Waals surface area (Å²) < 4.78 is 6.02. The summed E-state index contributed by atoms with van der Waals surface area (Å²) in [7, 11) is 0. The number of hydrogen-bond acceptors (Lipinski definition) is 4. The third-order valence-corrected chi connectivity index (χ3v) is 5.93. The zero-order chi connectivity index (χ0) is 21.2. The van der Waals surface area contributed by atoms with Crippen LogP contribution in [0.25, 0.3) is 0 Å². The van der Waals surface area contributed by atoms with Gasteiger partial charge in [0.1, 0.15) is 11.5 Å². The van der Waals surface area contributed by atoms with Gasteiger partial charge in [-0.05, 0) is 24.3 Å². The fourth-order valence-electron chi connectivity index (χ4n) is 4.30. The van der Waals surface area contributed by atoms with Gasteiger partial charge in [-0.15, -0.1) is 0 Å². The molecule has 1 saturated heterocycles. The molecule has 0 atom stereocenters. The summed E-state index contributed by atoms with van der Waals surface area (Å²) in [6.07, 6.45) is 1.98. The Balaban J connectivity index is 1.31. The Kier molecular flexibility index (Phi) is 5.12. The molecule has 2 amide bonds. The fourth-order valence-corrected chi connectivity index (χ4v) is 4.30. The Morgan fingerprint density at radius 3 is 2.00 bits per heavy atom. The fraction of sp³-hybridized carbons (Fsp3) is 0.240. The molecule has 3 heterocycles. The number of fused-ring (bicyclic) bond motifs is 2. The zero-order valence-corrected chi connectivity index (χ0v) is 17.1. The number of carbonyl (C=O) groups is 2. The molecule has 0 bridgehead atoms. The van der Waals surface area contributed by atoms with Gasteiger partial charge < -0.3 is 14.5 Å². The van der Waals surface area contributed by atoms with E-state index in [-0.39, 0.29) is 18.2 Å². The van der Waals surface area contributed by atoms with Crippen LogP contribution in [0.1, 0.15) is 22.7 Å². The second kappa shape index (κ2) is 8.22. The molecule has 2 aromatic carbocycles. The SMILES string of the molecule is O=C(Cc1ccccn1)N1CCN(C(=O)C2c3ccccc3Oc3ccccc32)CC1. The monoisotopic (exact) mass is 413 g/mol. The lowest BCUT2D eigenvalue weighted by Gasteiger charge is -2.38. The first-order valence-electron chi connectivity index (χ1n) is 10.5. The van der Waals surface area contributed by atoms with Gasteiger partial charge in [-0.3, -0.25) is 14.6 Å². The van der Waals surface area contributed by atoms with Crippen LogP contribution < -0.4 is 4.74 Å². The summed E-state index contributed by atoms with van der Waals surface area (Å²) >= 11 is 0. The number of piperazine rings is 1. The first-order valence-corrected chi connectivity index (χ1v) is 10.5. The Hall–Kier alpha value is -3.67. The number of rotatable bonds is 3. The molecule has 0 aliphatic carbocycles. The lowest BCUT2D eigenvalue weighted by molar-refractivity contribution is -0.139. The smallest absolute Gasteiger partial charge is 0.234 e. The van der Waals surface area contributed by atoms with Crippen LogP contribution in [0.4, 0.5) is 0 Å². The highest BCUT2D eigenvalue weighted by molar-refractivity contribution is 5.90. The zero-order valence-electron chi connectivity index (χ0n) is 17.1. The highest BCUT2D eigenvalue weighted by Gasteiger charge is 2.36. The summed E-state index contributed by atoms with van der Waals surface area (Å²) in [5.41, 5.74) is 2.54. The molecule has 6 nitrogen and oxygen atoms in total. The standard InChI is InChI=1S/C25H23N3O3/c29-23(17-18-7-5-6-12-26-18)27-13-15-28(16-14-27)25(30)24-19-8-1-3-10-21(19)31-22-11-4-2-9-20(22)24/h1-12,24H,13-17H2. The molecular weight excluding hydrogens is 390 g/mol. The summed E-state index contributed by atoms with van der Waals surface area (Å²) in [4.78, 5) is 34.2. The second-order valence-electron chi connectivity index (χ2n) is 7.81. The number of benzene rings is 2. The van der Waals surface area contributed by atoms with E-state index >= 15 is 0 Å². The van der Waals surface area contributed by atoms with Crippen molar-refractivity contribution in [1.29, 1.82) is 0 Å². The van der Waals surface area contributed by atoms with Crippen molar-refractivity contribution in [2.75, 3.05) is 26.2 Å². The average Bonchev–Trinajstić information content (AvgIpc) is 2.83. The first kappa shape index (κ1) is 19.3. The van der Waals surface area contributed by atoms with Crippen LogP contribution in [0.5, 0.6) is 11.5 Å². The highest BCUT2D eigenvalue weighted by Crippen LogP contribution is 2.44. The minimum Gasteiger partial charge on any atom is -0.457 e. The number of pyridine rings is 1. The highest BCUT2D eigenvalue weighted by atomic mass is 16.5. The number of para-hydroxylation sites is 2. The molecule has 5 rings (SSSR count). The largest absolute Gasteiger partial charge is 0.457 e. The van der Waals surface area contributed by atoms with Crippen molar-refractivity contribution in [3.8, 4) is 11.5 Å². The molecule has 0 saturated carbocycles. The molecule has 0 spiro atoms. The van der Waals surface area contributed by atoms with Gasteiger partial charge in [0.25, 0.3) is 0 Å². The van der Waals surface area contributed by atoms with Gasteiger partial charge in [0.2, 0.25) is 11.8 Å². The van der Waals surface area contributed by atoms with Crippen molar-refractivity contribution in [2.24, 2.45) is 0 Å². The molecule has 1 fully saturated rings. The van der Waals surface area contributed by atoms with Crippen LogP contribution in [0, 0.1) is 0 Å². The second-order valence-corrected chi connectivity index (χ2v) is 7.81. The maximum Gasteiger partial charge on any atom is 0.234 e. The molecule has 3 aromatic rings. The van der Waals surface area contributed by atoms with Crippen LogP contribution in [-0.4, -0.2) is 52.8 Å². The molecule has 156 valence electrons. The summed E-state index contributed by atoms with van der Waals surface area (Å²) in [5.74, 6) is 1.16. The van der Waals surface area contributed by atoms with Crippen molar-refractivity contribution >= 4 is 11.8 Å². The Bertz CT molecular complexity index is 1060. The summed E-state index contributed by atoms with van der Waals surface area (Å²) in [6.45, 7) is 2.11. The molecular formula is C25H23N3O3. The van der Waals surface area contributed by atoms with Gasteiger partial charge in [0, 0.05) is 49.2 Å². The third-order valence-electron chi connectivity index (χ3n) is 5.93. The summed E-state index contributed by atoms with van der Waals surface area (Å²) in [6, 6.07) is 21.0. The number of ether oxygens (including phenoxy) is 1. The predicted octanol–water partition coefficient (Wildman–Crippen LogP) is 3.23. The van der Waals surface area contributed by atoms with Crippen molar-refractivity contribution in [3.63, 3.8) is 0 Å². The van der Waals surface area contributed by atoms with Crippen molar-refractivity contribution in [1.82, 2.24) is 14.8 Å². The summed E-state index contributed by atoms with van der Waals surface area (Å²) in [5, 5.41) is 0. The lowest BCUT2D eigenvalue weighted by Crippen LogP contribution is -2.52. The van der Waals surface area contributed by atoms with Crippen molar-refractivity contribution < 1.29 is 14.3 Å². The minimum absolute atomic E-state index is 0.0487. The van der Waals surface area contributed by atoms with Crippen molar-refractivity contribution in [3.05, 3.63) is 89.7 Å². The van der Waals surface area contributed by atoms with E-state index in [4.69, 9.17) is 4.74 Å². The van der Waals surface area contributed by atoms with Gasteiger partial charge >= 0.3 is 0 Å². The molecule has 0 N–H and O–H groups in total. The van der Waals surface area contributed by atoms with E-state index in [9.17, 15) is 9.59 Å². The van der Waals surface area contributed by atoms with Crippen molar-refractivity contribution in [2.45, 2.75) is 12.3 Å². The number of nitrogens with zero attached hydrogens (tertiary/aromatic N) is 3. The van der Waals surface area contributed by atoms with Crippen LogP contribution in [0.2, 0.25) is 0 Å². The first-order chi connectivity index (χ1) is 15.2. The Morgan fingerprint density at radius 2 is 1.39 bits per heavy atom. The average molecular weight is 413 g/mol. The molecule has 2 aliphatic heterocycles. The molecule has 2 aliphatic rings. The van der Waals surface area contributed by atoms with Gasteiger partial charge in [-0.1, -0.05) is 42.5 Å². The van der Waals surface area contributed by atoms with Gasteiger partial charge in [0.05, 0.1) is 12.3 Å². The van der Waals surface area contributed by atoms with Crippen LogP contribution in [-0.2, 0) is 16.0 Å². The van der Waals surface area contributed by atoms with E-state index in [2.05, 4.69) is 4.98 Å². The van der Waals surface area contributed by atoms with Gasteiger partial charge in [-0.25, -0.2) is 0 Å². The van der Waals surface area contributed by atoms with E-state index in [1.165, 1.54) is 0 Å². The van der Waals surface area contributed by atoms with E-state index < -0.39 is 5.92 Å². The third kappa shape index (κ3) is 3.77. The van der Waals surface area contributed by atoms with Gasteiger partial charge in [0.15, 0.2) is 0 Å². The molecule has 6 heteroatoms. The molecule has 0 radical (unpaired) electrons. The van der Waals surface area contributed by atoms with Crippen LogP contribution >= 0.6 is 0 Å². The number of carbonyl (C=O) groups excluding carboxylic acids is 2.